The van der Waals surface area contributed by atoms with Crippen molar-refractivity contribution in [2.24, 2.45) is 0 Å². The molecule has 1 amide bonds. The zero-order valence-electron chi connectivity index (χ0n) is 17.1. The maximum Gasteiger partial charge on any atom is 0.410 e. The van der Waals surface area contributed by atoms with E-state index in [1.807, 2.05) is 32.6 Å². The molecule has 4 rings (SSSR count). The molecule has 0 unspecified atom stereocenters. The number of hydrogen-bond donors (Lipinski definition) is 0. The Balaban J connectivity index is 1.59. The highest BCUT2D eigenvalue weighted by molar-refractivity contribution is 5.76. The molecule has 0 radical (unpaired) electrons. The third kappa shape index (κ3) is 3.66. The highest BCUT2D eigenvalue weighted by Gasteiger charge is 2.35. The summed E-state index contributed by atoms with van der Waals surface area (Å²) in [5, 5.41) is 0. The molecule has 2 fully saturated rings. The van der Waals surface area contributed by atoms with Gasteiger partial charge < -0.3 is 14.2 Å². The molecule has 27 heavy (non-hydrogen) atoms. The average Bonchev–Trinajstić information content (AvgIpc) is 3.34. The van der Waals surface area contributed by atoms with E-state index in [0.717, 1.165) is 29.7 Å². The number of aromatic nitrogens is 3. The van der Waals surface area contributed by atoms with E-state index in [4.69, 9.17) is 14.7 Å². The lowest BCUT2D eigenvalue weighted by molar-refractivity contribution is 0.0189. The van der Waals surface area contributed by atoms with E-state index in [9.17, 15) is 4.79 Å². The van der Waals surface area contributed by atoms with Crippen LogP contribution in [0.4, 0.5) is 4.79 Å². The van der Waals surface area contributed by atoms with Gasteiger partial charge in [-0.25, -0.2) is 14.8 Å². The van der Waals surface area contributed by atoms with Crippen LogP contribution in [0.3, 0.4) is 0 Å². The number of nitrogens with zero attached hydrogens (tertiary/aromatic N) is 4. The second-order valence-electron chi connectivity index (χ2n) is 9.07. The number of likely N-dealkylation sites (tertiary alicyclic amines) is 1. The third-order valence-corrected chi connectivity index (χ3v) is 5.42. The van der Waals surface area contributed by atoms with Crippen LogP contribution in [-0.4, -0.2) is 44.2 Å². The molecule has 0 aromatic carbocycles. The van der Waals surface area contributed by atoms with Gasteiger partial charge in [0.05, 0.1) is 0 Å². The number of imidazole rings is 1. The third-order valence-electron chi connectivity index (χ3n) is 5.42. The smallest absolute Gasteiger partial charge is 0.410 e. The second kappa shape index (κ2) is 6.50. The van der Waals surface area contributed by atoms with Crippen molar-refractivity contribution in [1.82, 2.24) is 19.4 Å². The van der Waals surface area contributed by atoms with Gasteiger partial charge in [0.1, 0.15) is 16.9 Å². The molecule has 1 saturated heterocycles. The minimum absolute atomic E-state index is 0.205. The van der Waals surface area contributed by atoms with Crippen LogP contribution in [-0.2, 0) is 4.74 Å². The van der Waals surface area contributed by atoms with Gasteiger partial charge in [-0.1, -0.05) is 0 Å². The first-order valence-electron chi connectivity index (χ1n) is 10.1. The molecule has 3 heterocycles. The van der Waals surface area contributed by atoms with Crippen LogP contribution in [0.2, 0.25) is 0 Å². The molecule has 2 aromatic rings. The topological polar surface area (TPSA) is 60.2 Å². The van der Waals surface area contributed by atoms with E-state index in [1.54, 1.807) is 0 Å². The van der Waals surface area contributed by atoms with E-state index in [0.29, 0.717) is 25.0 Å². The molecule has 1 aliphatic carbocycles. The van der Waals surface area contributed by atoms with Crippen LogP contribution in [0.1, 0.15) is 75.5 Å². The van der Waals surface area contributed by atoms with Crippen LogP contribution in [0, 0.1) is 13.8 Å². The lowest BCUT2D eigenvalue weighted by Gasteiger charge is -2.34. The van der Waals surface area contributed by atoms with Crippen molar-refractivity contribution in [3.8, 4) is 0 Å². The predicted molar refractivity (Wildman–Crippen MR) is 105 cm³/mol. The SMILES string of the molecule is Cc1cc(C)c2nc(C3CC3)n(C3CCN(C(=O)OC(C)(C)C)CC3)c2n1. The molecule has 146 valence electrons. The summed E-state index contributed by atoms with van der Waals surface area (Å²) in [5.41, 5.74) is 3.84. The van der Waals surface area contributed by atoms with E-state index in [-0.39, 0.29) is 6.09 Å². The van der Waals surface area contributed by atoms with Crippen molar-refractivity contribution < 1.29 is 9.53 Å². The minimum Gasteiger partial charge on any atom is -0.444 e. The minimum atomic E-state index is -0.452. The van der Waals surface area contributed by atoms with Crippen molar-refractivity contribution in [1.29, 1.82) is 0 Å². The molecule has 1 aliphatic heterocycles. The Labute approximate surface area is 160 Å². The van der Waals surface area contributed by atoms with Gasteiger partial charge in [0, 0.05) is 30.7 Å². The highest BCUT2D eigenvalue weighted by atomic mass is 16.6. The normalized spacial score (nSPS) is 18.9. The van der Waals surface area contributed by atoms with E-state index < -0.39 is 5.60 Å². The summed E-state index contributed by atoms with van der Waals surface area (Å²) < 4.78 is 7.92. The Kier molecular flexibility index (Phi) is 4.40. The van der Waals surface area contributed by atoms with Gasteiger partial charge in [-0.2, -0.15) is 0 Å². The zero-order valence-corrected chi connectivity index (χ0v) is 17.1. The van der Waals surface area contributed by atoms with Crippen LogP contribution in [0.15, 0.2) is 6.07 Å². The number of piperidine rings is 1. The molecule has 0 bridgehead atoms. The lowest BCUT2D eigenvalue weighted by Crippen LogP contribution is -2.42. The number of amides is 1. The Morgan fingerprint density at radius 2 is 1.78 bits per heavy atom. The summed E-state index contributed by atoms with van der Waals surface area (Å²) in [5.74, 6) is 1.77. The van der Waals surface area contributed by atoms with Gasteiger partial charge in [0.25, 0.3) is 0 Å². The first-order valence-corrected chi connectivity index (χ1v) is 10.1. The summed E-state index contributed by atoms with van der Waals surface area (Å²) in [4.78, 5) is 24.0. The van der Waals surface area contributed by atoms with Crippen molar-refractivity contribution in [2.75, 3.05) is 13.1 Å². The Morgan fingerprint density at radius 3 is 2.37 bits per heavy atom. The highest BCUT2D eigenvalue weighted by Crippen LogP contribution is 2.43. The molecule has 6 heteroatoms. The first-order chi connectivity index (χ1) is 12.7. The number of rotatable bonds is 2. The number of carbonyl (C=O) groups is 1. The van der Waals surface area contributed by atoms with E-state index in [1.165, 1.54) is 24.2 Å². The fraction of sp³-hybridized carbons (Fsp3) is 0.667. The molecular weight excluding hydrogens is 340 g/mol. The Hall–Kier alpha value is -2.11. The van der Waals surface area contributed by atoms with Crippen molar-refractivity contribution in [3.63, 3.8) is 0 Å². The molecule has 0 N–H and O–H groups in total. The number of aryl methyl sites for hydroxylation is 2. The van der Waals surface area contributed by atoms with Crippen LogP contribution in [0.25, 0.3) is 11.2 Å². The quantitative estimate of drug-likeness (QED) is 0.781. The van der Waals surface area contributed by atoms with Gasteiger partial charge in [0.15, 0.2) is 5.65 Å². The van der Waals surface area contributed by atoms with Gasteiger partial charge in [-0.05, 0) is 71.9 Å². The van der Waals surface area contributed by atoms with Crippen molar-refractivity contribution in [2.45, 2.75) is 77.9 Å². The maximum absolute atomic E-state index is 12.4. The number of hydrogen-bond acceptors (Lipinski definition) is 4. The van der Waals surface area contributed by atoms with Crippen molar-refractivity contribution in [3.05, 3.63) is 23.1 Å². The first kappa shape index (κ1) is 18.3. The van der Waals surface area contributed by atoms with E-state index >= 15 is 0 Å². The number of fused-ring (bicyclic) bond motifs is 1. The standard InChI is InChI=1S/C21H30N4O2/c1-13-12-14(2)22-19-17(13)23-18(15-6-7-15)25(19)16-8-10-24(11-9-16)20(26)27-21(3,4)5/h12,15-16H,6-11H2,1-5H3. The summed E-state index contributed by atoms with van der Waals surface area (Å²) in [6.45, 7) is 11.3. The van der Waals surface area contributed by atoms with Gasteiger partial charge in [-0.15, -0.1) is 0 Å². The maximum atomic E-state index is 12.4. The fourth-order valence-corrected chi connectivity index (χ4v) is 4.02. The van der Waals surface area contributed by atoms with E-state index in [2.05, 4.69) is 17.6 Å². The largest absolute Gasteiger partial charge is 0.444 e. The van der Waals surface area contributed by atoms with Crippen molar-refractivity contribution >= 4 is 17.3 Å². The van der Waals surface area contributed by atoms with Crippen LogP contribution in [0.5, 0.6) is 0 Å². The van der Waals surface area contributed by atoms with Crippen LogP contribution >= 0.6 is 0 Å². The van der Waals surface area contributed by atoms with Crippen LogP contribution < -0.4 is 0 Å². The lowest BCUT2D eigenvalue weighted by atomic mass is 10.0. The van der Waals surface area contributed by atoms with Gasteiger partial charge in [-0.3, -0.25) is 0 Å². The number of ether oxygens (including phenoxy) is 1. The average molecular weight is 370 g/mol. The van der Waals surface area contributed by atoms with Gasteiger partial charge >= 0.3 is 6.09 Å². The zero-order chi connectivity index (χ0) is 19.3. The van der Waals surface area contributed by atoms with Gasteiger partial charge in [0.2, 0.25) is 0 Å². The monoisotopic (exact) mass is 370 g/mol. The molecular formula is C21H30N4O2. The summed E-state index contributed by atoms with van der Waals surface area (Å²) in [7, 11) is 0. The summed E-state index contributed by atoms with van der Waals surface area (Å²) in [6.07, 6.45) is 4.07. The molecule has 1 saturated carbocycles. The number of pyridine rings is 1. The second-order valence-corrected chi connectivity index (χ2v) is 9.07. The summed E-state index contributed by atoms with van der Waals surface area (Å²) in [6, 6.07) is 2.46. The molecule has 2 aliphatic rings. The summed E-state index contributed by atoms with van der Waals surface area (Å²) >= 11 is 0. The molecule has 0 atom stereocenters. The Morgan fingerprint density at radius 1 is 1.11 bits per heavy atom. The number of carbonyl (C=O) groups excluding carboxylic acids is 1. The molecule has 6 nitrogen and oxygen atoms in total. The molecule has 0 spiro atoms. The molecule has 2 aromatic heterocycles. The predicted octanol–water partition coefficient (Wildman–Crippen LogP) is 4.50. The Bertz CT molecular complexity index is 868. The fourth-order valence-electron chi connectivity index (χ4n) is 4.02.